The number of amides is 3. The Morgan fingerprint density at radius 3 is 2.45 bits per heavy atom. The van der Waals surface area contributed by atoms with Crippen molar-refractivity contribution in [2.75, 3.05) is 26.2 Å². The van der Waals surface area contributed by atoms with Crippen LogP contribution in [-0.2, 0) is 14.4 Å². The van der Waals surface area contributed by atoms with Gasteiger partial charge in [0.1, 0.15) is 6.54 Å². The summed E-state index contributed by atoms with van der Waals surface area (Å²) in [5.41, 5.74) is 0. The SMILES string of the molecule is CCC1NCC(=O)N(CC(=O)N2CCCCCC2)C1=O. The van der Waals surface area contributed by atoms with Crippen molar-refractivity contribution in [3.63, 3.8) is 0 Å². The topological polar surface area (TPSA) is 69.7 Å². The lowest BCUT2D eigenvalue weighted by Crippen LogP contribution is -2.59. The van der Waals surface area contributed by atoms with Gasteiger partial charge in [-0.2, -0.15) is 0 Å². The third-order valence-corrected chi connectivity index (χ3v) is 4.03. The predicted octanol–water partition coefficient (Wildman–Crippen LogP) is 0.126. The number of hydrogen-bond donors (Lipinski definition) is 1. The predicted molar refractivity (Wildman–Crippen MR) is 73.8 cm³/mol. The van der Waals surface area contributed by atoms with E-state index in [-0.39, 0.29) is 36.9 Å². The van der Waals surface area contributed by atoms with Crippen molar-refractivity contribution in [3.05, 3.63) is 0 Å². The summed E-state index contributed by atoms with van der Waals surface area (Å²) in [6.07, 6.45) is 4.93. The first kappa shape index (κ1) is 15.0. The Morgan fingerprint density at radius 1 is 1.20 bits per heavy atom. The van der Waals surface area contributed by atoms with Crippen molar-refractivity contribution in [1.82, 2.24) is 15.1 Å². The minimum absolute atomic E-state index is 0.101. The molecular weight excluding hydrogens is 258 g/mol. The van der Waals surface area contributed by atoms with Crippen molar-refractivity contribution >= 4 is 17.7 Å². The van der Waals surface area contributed by atoms with E-state index in [2.05, 4.69) is 5.32 Å². The molecule has 0 radical (unpaired) electrons. The number of nitrogens with zero attached hydrogens (tertiary/aromatic N) is 2. The molecule has 2 aliphatic rings. The fourth-order valence-corrected chi connectivity index (χ4v) is 2.74. The smallest absolute Gasteiger partial charge is 0.246 e. The van der Waals surface area contributed by atoms with E-state index in [1.54, 1.807) is 4.90 Å². The molecule has 3 amide bonds. The summed E-state index contributed by atoms with van der Waals surface area (Å²) in [6, 6.07) is -0.343. The third kappa shape index (κ3) is 3.36. The summed E-state index contributed by atoms with van der Waals surface area (Å²) >= 11 is 0. The van der Waals surface area contributed by atoms with Crippen LogP contribution in [0.5, 0.6) is 0 Å². The molecule has 2 aliphatic heterocycles. The van der Waals surface area contributed by atoms with E-state index in [0.717, 1.165) is 43.7 Å². The van der Waals surface area contributed by atoms with Gasteiger partial charge in [-0.05, 0) is 19.3 Å². The normalized spacial score (nSPS) is 24.8. The standard InChI is InChI=1S/C14H23N3O3/c1-2-11-14(20)17(12(18)9-15-11)10-13(19)16-7-5-3-4-6-8-16/h11,15H,2-10H2,1H3. The maximum Gasteiger partial charge on any atom is 0.246 e. The maximum atomic E-state index is 12.3. The molecule has 1 unspecified atom stereocenters. The quantitative estimate of drug-likeness (QED) is 0.746. The van der Waals surface area contributed by atoms with Crippen LogP contribution in [0.1, 0.15) is 39.0 Å². The van der Waals surface area contributed by atoms with Crippen LogP contribution >= 0.6 is 0 Å². The summed E-state index contributed by atoms with van der Waals surface area (Å²) in [5.74, 6) is -0.680. The minimum atomic E-state index is -0.343. The number of piperazine rings is 1. The highest BCUT2D eigenvalue weighted by molar-refractivity contribution is 6.03. The summed E-state index contributed by atoms with van der Waals surface area (Å²) in [7, 11) is 0. The van der Waals surface area contributed by atoms with E-state index in [1.807, 2.05) is 6.92 Å². The Labute approximate surface area is 119 Å². The fourth-order valence-electron chi connectivity index (χ4n) is 2.74. The Morgan fingerprint density at radius 2 is 1.85 bits per heavy atom. The molecule has 0 aromatic carbocycles. The van der Waals surface area contributed by atoms with Crippen molar-refractivity contribution in [3.8, 4) is 0 Å². The highest BCUT2D eigenvalue weighted by atomic mass is 16.2. The van der Waals surface area contributed by atoms with Gasteiger partial charge in [-0.1, -0.05) is 19.8 Å². The first-order chi connectivity index (χ1) is 9.63. The zero-order chi connectivity index (χ0) is 14.5. The van der Waals surface area contributed by atoms with E-state index >= 15 is 0 Å². The molecule has 0 aromatic heterocycles. The third-order valence-electron chi connectivity index (χ3n) is 4.03. The maximum absolute atomic E-state index is 12.3. The molecule has 0 saturated carbocycles. The molecule has 2 rings (SSSR count). The van der Waals surface area contributed by atoms with Crippen molar-refractivity contribution in [1.29, 1.82) is 0 Å². The summed E-state index contributed by atoms with van der Waals surface area (Å²) in [5, 5.41) is 2.90. The van der Waals surface area contributed by atoms with Gasteiger partial charge >= 0.3 is 0 Å². The fraction of sp³-hybridized carbons (Fsp3) is 0.786. The van der Waals surface area contributed by atoms with Crippen LogP contribution in [0.4, 0.5) is 0 Å². The number of carbonyl (C=O) groups excluding carboxylic acids is 3. The highest BCUT2D eigenvalue weighted by Gasteiger charge is 2.34. The van der Waals surface area contributed by atoms with Crippen LogP contribution in [0.15, 0.2) is 0 Å². The summed E-state index contributed by atoms with van der Waals surface area (Å²) in [4.78, 5) is 39.1. The van der Waals surface area contributed by atoms with Crippen LogP contribution < -0.4 is 5.32 Å². The molecule has 0 spiro atoms. The number of imide groups is 1. The van der Waals surface area contributed by atoms with Crippen molar-refractivity contribution in [2.45, 2.75) is 45.1 Å². The van der Waals surface area contributed by atoms with Crippen LogP contribution in [0.3, 0.4) is 0 Å². The molecule has 6 nitrogen and oxygen atoms in total. The van der Waals surface area contributed by atoms with Crippen molar-refractivity contribution < 1.29 is 14.4 Å². The van der Waals surface area contributed by atoms with Crippen LogP contribution in [0.25, 0.3) is 0 Å². The summed E-state index contributed by atoms with van der Waals surface area (Å²) < 4.78 is 0. The molecule has 0 aromatic rings. The Bertz CT molecular complexity index is 389. The van der Waals surface area contributed by atoms with Gasteiger partial charge in [-0.15, -0.1) is 0 Å². The lowest BCUT2D eigenvalue weighted by atomic mass is 10.1. The first-order valence-electron chi connectivity index (χ1n) is 7.49. The van der Waals surface area contributed by atoms with Gasteiger partial charge in [0.15, 0.2) is 0 Å². The van der Waals surface area contributed by atoms with E-state index < -0.39 is 0 Å². The van der Waals surface area contributed by atoms with E-state index in [1.165, 1.54) is 0 Å². The van der Waals surface area contributed by atoms with Gasteiger partial charge in [0.25, 0.3) is 0 Å². The Hall–Kier alpha value is -1.43. The minimum Gasteiger partial charge on any atom is -0.341 e. The second-order valence-corrected chi connectivity index (χ2v) is 5.45. The Kier molecular flexibility index (Phi) is 5.11. The van der Waals surface area contributed by atoms with Crippen LogP contribution in [0.2, 0.25) is 0 Å². The molecule has 2 heterocycles. The monoisotopic (exact) mass is 281 g/mol. The average Bonchev–Trinajstić information content (AvgIpc) is 2.72. The molecule has 6 heteroatoms. The van der Waals surface area contributed by atoms with Crippen molar-refractivity contribution in [2.24, 2.45) is 0 Å². The number of carbonyl (C=O) groups is 3. The number of likely N-dealkylation sites (tertiary alicyclic amines) is 1. The molecule has 112 valence electrons. The molecule has 2 fully saturated rings. The molecular formula is C14H23N3O3. The average molecular weight is 281 g/mol. The lowest BCUT2D eigenvalue weighted by Gasteiger charge is -2.32. The second kappa shape index (κ2) is 6.83. The van der Waals surface area contributed by atoms with Gasteiger partial charge < -0.3 is 4.90 Å². The Balaban J connectivity index is 1.97. The molecule has 0 aliphatic carbocycles. The lowest BCUT2D eigenvalue weighted by molar-refractivity contribution is -0.153. The highest BCUT2D eigenvalue weighted by Crippen LogP contribution is 2.11. The zero-order valence-electron chi connectivity index (χ0n) is 12.1. The van der Waals surface area contributed by atoms with E-state index in [9.17, 15) is 14.4 Å². The largest absolute Gasteiger partial charge is 0.341 e. The van der Waals surface area contributed by atoms with Gasteiger partial charge in [0.05, 0.1) is 12.6 Å². The molecule has 0 bridgehead atoms. The first-order valence-corrected chi connectivity index (χ1v) is 7.49. The van der Waals surface area contributed by atoms with Crippen LogP contribution in [0, 0.1) is 0 Å². The molecule has 2 saturated heterocycles. The number of rotatable bonds is 3. The van der Waals surface area contributed by atoms with Gasteiger partial charge in [0, 0.05) is 13.1 Å². The molecule has 1 N–H and O–H groups in total. The second-order valence-electron chi connectivity index (χ2n) is 5.45. The molecule has 20 heavy (non-hydrogen) atoms. The summed E-state index contributed by atoms with van der Waals surface area (Å²) in [6.45, 7) is 3.41. The molecule has 1 atom stereocenters. The zero-order valence-corrected chi connectivity index (χ0v) is 12.1. The van der Waals surface area contributed by atoms with Gasteiger partial charge in [0.2, 0.25) is 17.7 Å². The van der Waals surface area contributed by atoms with Crippen LogP contribution in [-0.4, -0.2) is 59.7 Å². The van der Waals surface area contributed by atoms with E-state index in [0.29, 0.717) is 6.42 Å². The van der Waals surface area contributed by atoms with E-state index in [4.69, 9.17) is 0 Å². The van der Waals surface area contributed by atoms with Gasteiger partial charge in [-0.3, -0.25) is 24.6 Å². The van der Waals surface area contributed by atoms with Gasteiger partial charge in [-0.25, -0.2) is 0 Å². The number of hydrogen-bond acceptors (Lipinski definition) is 4. The number of nitrogens with one attached hydrogen (secondary N) is 1.